The van der Waals surface area contributed by atoms with Crippen molar-refractivity contribution in [3.05, 3.63) is 35.4 Å². The van der Waals surface area contributed by atoms with Crippen LogP contribution in [-0.2, 0) is 0 Å². The molecule has 0 bridgehead atoms. The Bertz CT molecular complexity index is 435. The van der Waals surface area contributed by atoms with Gasteiger partial charge in [0.05, 0.1) is 5.56 Å². The summed E-state index contributed by atoms with van der Waals surface area (Å²) in [5, 5.41) is 11.8. The smallest absolute Gasteiger partial charge is 0.335 e. The van der Waals surface area contributed by atoms with Crippen LogP contribution in [0, 0.1) is 5.92 Å². The van der Waals surface area contributed by atoms with E-state index in [-0.39, 0.29) is 17.5 Å². The Morgan fingerprint density at radius 1 is 1.11 bits per heavy atom. The largest absolute Gasteiger partial charge is 0.478 e. The topological polar surface area (TPSA) is 66.4 Å². The second kappa shape index (κ2) is 6.92. The van der Waals surface area contributed by atoms with Gasteiger partial charge < -0.3 is 10.4 Å². The minimum Gasteiger partial charge on any atom is -0.478 e. The van der Waals surface area contributed by atoms with Crippen LogP contribution in [0.2, 0.25) is 0 Å². The van der Waals surface area contributed by atoms with Crippen LogP contribution in [0.5, 0.6) is 0 Å². The number of carbonyl (C=O) groups is 2. The maximum Gasteiger partial charge on any atom is 0.335 e. The van der Waals surface area contributed by atoms with Crippen LogP contribution in [0.25, 0.3) is 0 Å². The fraction of sp³-hybridized carbons (Fsp3) is 0.467. The van der Waals surface area contributed by atoms with E-state index in [9.17, 15) is 9.59 Å². The molecule has 0 aliphatic heterocycles. The molecule has 19 heavy (non-hydrogen) atoms. The predicted octanol–water partition coefficient (Wildman–Crippen LogP) is 2.94. The average molecular weight is 263 g/mol. The molecule has 1 rings (SSSR count). The molecule has 0 aliphatic carbocycles. The molecule has 1 aromatic rings. The Kier molecular flexibility index (Phi) is 5.55. The quantitative estimate of drug-likeness (QED) is 0.829. The number of nitrogens with one attached hydrogen (secondary N) is 1. The van der Waals surface area contributed by atoms with Gasteiger partial charge in [-0.1, -0.05) is 26.7 Å². The van der Waals surface area contributed by atoms with Gasteiger partial charge in [0.1, 0.15) is 0 Å². The summed E-state index contributed by atoms with van der Waals surface area (Å²) in [5.41, 5.74) is 0.674. The number of carbonyl (C=O) groups excluding carboxylic acids is 1. The molecule has 0 heterocycles. The molecule has 1 unspecified atom stereocenters. The molecule has 4 nitrogen and oxygen atoms in total. The molecular formula is C15H21NO3. The predicted molar refractivity (Wildman–Crippen MR) is 74.4 cm³/mol. The first-order chi connectivity index (χ1) is 8.99. The summed E-state index contributed by atoms with van der Waals surface area (Å²) in [6, 6.07) is 6.08. The molecule has 1 amide bonds. The van der Waals surface area contributed by atoms with Crippen LogP contribution in [0.4, 0.5) is 0 Å². The van der Waals surface area contributed by atoms with Gasteiger partial charge in [-0.05, 0) is 37.1 Å². The summed E-state index contributed by atoms with van der Waals surface area (Å²) in [4.78, 5) is 22.7. The van der Waals surface area contributed by atoms with Gasteiger partial charge in [-0.25, -0.2) is 4.79 Å². The standard InChI is InChI=1S/C15H21NO3/c1-4-11(5-2)10(3)16-14(17)12-6-8-13(9-7-12)15(18)19/h6-11H,4-5H2,1-3H3,(H,16,17)(H,18,19). The van der Waals surface area contributed by atoms with Crippen molar-refractivity contribution in [3.8, 4) is 0 Å². The monoisotopic (exact) mass is 263 g/mol. The molecular weight excluding hydrogens is 242 g/mol. The van der Waals surface area contributed by atoms with Crippen molar-refractivity contribution in [1.82, 2.24) is 5.32 Å². The van der Waals surface area contributed by atoms with Gasteiger partial charge >= 0.3 is 5.97 Å². The van der Waals surface area contributed by atoms with E-state index in [1.807, 2.05) is 6.92 Å². The van der Waals surface area contributed by atoms with E-state index in [4.69, 9.17) is 5.11 Å². The number of rotatable bonds is 6. The van der Waals surface area contributed by atoms with E-state index < -0.39 is 5.97 Å². The van der Waals surface area contributed by atoms with E-state index in [0.29, 0.717) is 11.5 Å². The highest BCUT2D eigenvalue weighted by atomic mass is 16.4. The van der Waals surface area contributed by atoms with Gasteiger partial charge in [0.25, 0.3) is 5.91 Å². The van der Waals surface area contributed by atoms with E-state index >= 15 is 0 Å². The van der Waals surface area contributed by atoms with Gasteiger partial charge in [-0.3, -0.25) is 4.79 Å². The minimum absolute atomic E-state index is 0.113. The van der Waals surface area contributed by atoms with Gasteiger partial charge in [-0.2, -0.15) is 0 Å². The number of carboxylic acids is 1. The third kappa shape index (κ3) is 4.09. The number of hydrogen-bond donors (Lipinski definition) is 2. The Labute approximate surface area is 113 Å². The molecule has 0 saturated carbocycles. The summed E-state index contributed by atoms with van der Waals surface area (Å²) in [6.45, 7) is 6.22. The molecule has 0 spiro atoms. The zero-order chi connectivity index (χ0) is 14.4. The second-order valence-electron chi connectivity index (χ2n) is 4.72. The Balaban J connectivity index is 2.70. The van der Waals surface area contributed by atoms with Crippen LogP contribution in [0.15, 0.2) is 24.3 Å². The van der Waals surface area contributed by atoms with Gasteiger partial charge in [0, 0.05) is 11.6 Å². The Hall–Kier alpha value is -1.84. The molecule has 0 fully saturated rings. The number of benzene rings is 1. The highest BCUT2D eigenvalue weighted by molar-refractivity contribution is 5.96. The summed E-state index contributed by atoms with van der Waals surface area (Å²) < 4.78 is 0. The van der Waals surface area contributed by atoms with Crippen LogP contribution < -0.4 is 5.32 Å². The second-order valence-corrected chi connectivity index (χ2v) is 4.72. The molecule has 4 heteroatoms. The van der Waals surface area contributed by atoms with Crippen LogP contribution >= 0.6 is 0 Å². The van der Waals surface area contributed by atoms with Gasteiger partial charge in [0.2, 0.25) is 0 Å². The molecule has 1 aromatic carbocycles. The first kappa shape index (κ1) is 15.2. The first-order valence-electron chi connectivity index (χ1n) is 6.63. The lowest BCUT2D eigenvalue weighted by molar-refractivity contribution is 0.0696. The van der Waals surface area contributed by atoms with Crippen molar-refractivity contribution in [2.45, 2.75) is 39.7 Å². The number of carboxylic acid groups (broad SMARTS) is 1. The number of aromatic carboxylic acids is 1. The summed E-state index contributed by atoms with van der Waals surface area (Å²) >= 11 is 0. The third-order valence-corrected chi connectivity index (χ3v) is 3.51. The maximum absolute atomic E-state index is 12.0. The van der Waals surface area contributed by atoms with Crippen molar-refractivity contribution in [2.75, 3.05) is 0 Å². The molecule has 0 aromatic heterocycles. The van der Waals surface area contributed by atoms with Crippen LogP contribution in [-0.4, -0.2) is 23.0 Å². The molecule has 1 atom stereocenters. The number of hydrogen-bond acceptors (Lipinski definition) is 2. The third-order valence-electron chi connectivity index (χ3n) is 3.51. The SMILES string of the molecule is CCC(CC)C(C)NC(=O)c1ccc(C(=O)O)cc1. The van der Waals surface area contributed by atoms with E-state index in [2.05, 4.69) is 19.2 Å². The summed E-state index contributed by atoms with van der Waals surface area (Å²) in [5.74, 6) is -0.684. The fourth-order valence-corrected chi connectivity index (χ4v) is 2.17. The average Bonchev–Trinajstić information content (AvgIpc) is 2.40. The van der Waals surface area contributed by atoms with Crippen molar-refractivity contribution >= 4 is 11.9 Å². The Morgan fingerprint density at radius 2 is 1.58 bits per heavy atom. The van der Waals surface area contributed by atoms with E-state index in [1.165, 1.54) is 12.1 Å². The highest BCUT2D eigenvalue weighted by Gasteiger charge is 2.16. The van der Waals surface area contributed by atoms with Crippen LogP contribution in [0.1, 0.15) is 54.3 Å². The van der Waals surface area contributed by atoms with Crippen LogP contribution in [0.3, 0.4) is 0 Å². The zero-order valence-corrected chi connectivity index (χ0v) is 11.6. The Morgan fingerprint density at radius 3 is 2.00 bits per heavy atom. The van der Waals surface area contributed by atoms with Crippen molar-refractivity contribution in [2.24, 2.45) is 5.92 Å². The molecule has 104 valence electrons. The maximum atomic E-state index is 12.0. The van der Waals surface area contributed by atoms with Crippen molar-refractivity contribution < 1.29 is 14.7 Å². The lowest BCUT2D eigenvalue weighted by Crippen LogP contribution is -2.37. The lowest BCUT2D eigenvalue weighted by atomic mass is 9.95. The fourth-order valence-electron chi connectivity index (χ4n) is 2.17. The normalized spacial score (nSPS) is 12.2. The van der Waals surface area contributed by atoms with Gasteiger partial charge in [-0.15, -0.1) is 0 Å². The number of amides is 1. The van der Waals surface area contributed by atoms with E-state index in [1.54, 1.807) is 12.1 Å². The minimum atomic E-state index is -0.989. The highest BCUT2D eigenvalue weighted by Crippen LogP contribution is 2.13. The zero-order valence-electron chi connectivity index (χ0n) is 11.6. The molecule has 0 radical (unpaired) electrons. The van der Waals surface area contributed by atoms with E-state index in [0.717, 1.165) is 12.8 Å². The van der Waals surface area contributed by atoms with Gasteiger partial charge in [0.15, 0.2) is 0 Å². The summed E-state index contributed by atoms with van der Waals surface area (Å²) in [6.07, 6.45) is 2.05. The first-order valence-corrected chi connectivity index (χ1v) is 6.63. The van der Waals surface area contributed by atoms with Crippen molar-refractivity contribution in [1.29, 1.82) is 0 Å². The molecule has 2 N–H and O–H groups in total. The summed E-state index contributed by atoms with van der Waals surface area (Å²) in [7, 11) is 0. The van der Waals surface area contributed by atoms with Crippen molar-refractivity contribution in [3.63, 3.8) is 0 Å². The molecule has 0 aliphatic rings. The molecule has 0 saturated heterocycles. The lowest BCUT2D eigenvalue weighted by Gasteiger charge is -2.22.